The smallest absolute Gasteiger partial charge is 0.297 e. The first-order valence-corrected chi connectivity index (χ1v) is 7.44. The van der Waals surface area contributed by atoms with Crippen molar-refractivity contribution in [3.05, 3.63) is 65.2 Å². The summed E-state index contributed by atoms with van der Waals surface area (Å²) in [7, 11) is 0. The van der Waals surface area contributed by atoms with Gasteiger partial charge in [0.05, 0.1) is 5.69 Å². The Morgan fingerprint density at radius 2 is 1.91 bits per heavy atom. The Morgan fingerprint density at radius 3 is 2.59 bits per heavy atom. The first-order valence-electron chi connectivity index (χ1n) is 6.66. The largest absolute Gasteiger partial charge is 0.448 e. The number of hydrazine groups is 1. The van der Waals surface area contributed by atoms with Crippen LogP contribution >= 0.6 is 23.8 Å². The molecule has 2 aromatic carbocycles. The van der Waals surface area contributed by atoms with Gasteiger partial charge in [-0.2, -0.15) is 5.01 Å². The van der Waals surface area contributed by atoms with Gasteiger partial charge in [-0.1, -0.05) is 48.0 Å². The van der Waals surface area contributed by atoms with Gasteiger partial charge in [0, 0.05) is 10.6 Å². The highest BCUT2D eigenvalue weighted by Crippen LogP contribution is 2.34. The Kier molecular flexibility index (Phi) is 3.76. The molecule has 1 N–H and O–H groups in total. The van der Waals surface area contributed by atoms with Crippen LogP contribution < -0.4 is 5.43 Å². The lowest BCUT2D eigenvalue weighted by atomic mass is 9.95. The van der Waals surface area contributed by atoms with Crippen molar-refractivity contribution in [3.8, 4) is 0 Å². The van der Waals surface area contributed by atoms with Crippen LogP contribution in [0.1, 0.15) is 12.5 Å². The Bertz CT molecular complexity index is 738. The summed E-state index contributed by atoms with van der Waals surface area (Å²) in [5.41, 5.74) is 3.21. The second-order valence-electron chi connectivity index (χ2n) is 5.03. The molecule has 1 amide bonds. The second kappa shape index (κ2) is 5.59. The Morgan fingerprint density at radius 1 is 1.18 bits per heavy atom. The maximum atomic E-state index is 12.7. The van der Waals surface area contributed by atoms with Crippen LogP contribution in [0.3, 0.4) is 0 Å². The van der Waals surface area contributed by atoms with Crippen molar-refractivity contribution in [1.29, 1.82) is 0 Å². The van der Waals surface area contributed by atoms with Crippen molar-refractivity contribution < 1.29 is 9.53 Å². The van der Waals surface area contributed by atoms with Crippen molar-refractivity contribution in [2.45, 2.75) is 12.5 Å². The van der Waals surface area contributed by atoms with E-state index in [0.717, 1.165) is 5.56 Å². The van der Waals surface area contributed by atoms with E-state index in [2.05, 4.69) is 5.43 Å². The molecule has 1 heterocycles. The molecule has 1 atom stereocenters. The van der Waals surface area contributed by atoms with Crippen LogP contribution in [0.4, 0.5) is 5.69 Å². The first-order chi connectivity index (χ1) is 10.5. The monoisotopic (exact) mass is 332 g/mol. The number of carbonyl (C=O) groups excluding carboxylic acids is 1. The molecule has 1 aliphatic rings. The number of benzene rings is 2. The molecular weight excluding hydrogens is 320 g/mol. The minimum atomic E-state index is -1.14. The van der Waals surface area contributed by atoms with Crippen LogP contribution in [0, 0.1) is 0 Å². The van der Waals surface area contributed by atoms with E-state index in [-0.39, 0.29) is 11.1 Å². The van der Waals surface area contributed by atoms with Gasteiger partial charge < -0.3 is 4.74 Å². The van der Waals surface area contributed by atoms with E-state index in [1.165, 1.54) is 5.01 Å². The highest BCUT2D eigenvalue weighted by molar-refractivity contribution is 7.80. The summed E-state index contributed by atoms with van der Waals surface area (Å²) in [5, 5.41) is 1.87. The summed E-state index contributed by atoms with van der Waals surface area (Å²) < 4.78 is 5.67. The molecule has 22 heavy (non-hydrogen) atoms. The second-order valence-corrected chi connectivity index (χ2v) is 5.82. The van der Waals surface area contributed by atoms with Crippen molar-refractivity contribution in [2.24, 2.45) is 0 Å². The average molecular weight is 333 g/mol. The SMILES string of the molecule is CC1(c2ccccc2)OC(=S)N(Nc2cccc(Cl)c2)C1=O. The van der Waals surface area contributed by atoms with E-state index >= 15 is 0 Å². The molecule has 112 valence electrons. The lowest BCUT2D eigenvalue weighted by molar-refractivity contribution is -0.135. The molecule has 0 aliphatic carbocycles. The quantitative estimate of drug-likeness (QED) is 0.870. The lowest BCUT2D eigenvalue weighted by Gasteiger charge is -2.21. The van der Waals surface area contributed by atoms with E-state index in [9.17, 15) is 4.79 Å². The van der Waals surface area contributed by atoms with Gasteiger partial charge >= 0.3 is 0 Å². The Labute approximate surface area is 138 Å². The van der Waals surface area contributed by atoms with Crippen LogP contribution in [0.15, 0.2) is 54.6 Å². The van der Waals surface area contributed by atoms with Crippen LogP contribution in [0.2, 0.25) is 5.02 Å². The topological polar surface area (TPSA) is 41.6 Å². The van der Waals surface area contributed by atoms with E-state index in [4.69, 9.17) is 28.6 Å². The van der Waals surface area contributed by atoms with Gasteiger partial charge in [0.25, 0.3) is 11.1 Å². The summed E-state index contributed by atoms with van der Waals surface area (Å²) in [6.07, 6.45) is 0. The maximum Gasteiger partial charge on any atom is 0.297 e. The van der Waals surface area contributed by atoms with E-state index in [1.54, 1.807) is 31.2 Å². The van der Waals surface area contributed by atoms with Crippen LogP contribution in [0.5, 0.6) is 0 Å². The van der Waals surface area contributed by atoms with E-state index in [0.29, 0.717) is 10.7 Å². The molecule has 1 unspecified atom stereocenters. The van der Waals surface area contributed by atoms with Crippen molar-refractivity contribution >= 4 is 40.6 Å². The van der Waals surface area contributed by atoms with Gasteiger partial charge in [-0.05, 0) is 37.3 Å². The third-order valence-electron chi connectivity index (χ3n) is 3.48. The standard InChI is InChI=1S/C16H13ClN2O2S/c1-16(11-6-3-2-4-7-11)14(20)19(15(22)21-16)18-13-9-5-8-12(17)10-13/h2-10,18H,1H3. The summed E-state index contributed by atoms with van der Waals surface area (Å²) in [4.78, 5) is 12.7. The van der Waals surface area contributed by atoms with Gasteiger partial charge in [0.15, 0.2) is 0 Å². The maximum absolute atomic E-state index is 12.7. The van der Waals surface area contributed by atoms with Crippen molar-refractivity contribution in [2.75, 3.05) is 5.43 Å². The van der Waals surface area contributed by atoms with Crippen LogP contribution in [-0.2, 0) is 15.1 Å². The Balaban J connectivity index is 1.89. The zero-order chi connectivity index (χ0) is 15.7. The molecule has 1 saturated heterocycles. The zero-order valence-corrected chi connectivity index (χ0v) is 13.3. The lowest BCUT2D eigenvalue weighted by Crippen LogP contribution is -2.39. The molecule has 1 fully saturated rings. The van der Waals surface area contributed by atoms with Crippen molar-refractivity contribution in [1.82, 2.24) is 5.01 Å². The molecule has 0 radical (unpaired) electrons. The highest BCUT2D eigenvalue weighted by atomic mass is 35.5. The average Bonchev–Trinajstić information content (AvgIpc) is 2.73. The van der Waals surface area contributed by atoms with Crippen LogP contribution in [-0.4, -0.2) is 16.1 Å². The molecule has 6 heteroatoms. The van der Waals surface area contributed by atoms with E-state index in [1.807, 2.05) is 30.3 Å². The third-order valence-corrected chi connectivity index (χ3v) is 3.98. The molecule has 4 nitrogen and oxygen atoms in total. The molecule has 0 spiro atoms. The zero-order valence-electron chi connectivity index (χ0n) is 11.7. The van der Waals surface area contributed by atoms with Gasteiger partial charge in [0.1, 0.15) is 0 Å². The fourth-order valence-electron chi connectivity index (χ4n) is 2.28. The molecule has 0 aromatic heterocycles. The predicted molar refractivity (Wildman–Crippen MR) is 89.4 cm³/mol. The van der Waals surface area contributed by atoms with Gasteiger partial charge in [0.2, 0.25) is 5.60 Å². The number of amides is 1. The normalized spacial score (nSPS) is 20.9. The number of carbonyl (C=O) groups is 1. The minimum Gasteiger partial charge on any atom is -0.448 e. The first kappa shape index (κ1) is 14.8. The van der Waals surface area contributed by atoms with Gasteiger partial charge in [-0.3, -0.25) is 10.2 Å². The number of thiocarbonyl (C=S) groups is 1. The number of nitrogens with one attached hydrogen (secondary N) is 1. The number of hydrogen-bond acceptors (Lipinski definition) is 4. The third kappa shape index (κ3) is 2.53. The summed E-state index contributed by atoms with van der Waals surface area (Å²) in [6, 6.07) is 16.3. The number of nitrogens with zero attached hydrogens (tertiary/aromatic N) is 1. The highest BCUT2D eigenvalue weighted by Gasteiger charge is 2.50. The fraction of sp³-hybridized carbons (Fsp3) is 0.125. The van der Waals surface area contributed by atoms with Crippen molar-refractivity contribution in [3.63, 3.8) is 0 Å². The number of rotatable bonds is 3. The van der Waals surface area contributed by atoms with Crippen LogP contribution in [0.25, 0.3) is 0 Å². The number of ether oxygens (including phenoxy) is 1. The summed E-state index contributed by atoms with van der Waals surface area (Å²) in [5.74, 6) is -0.274. The molecule has 3 rings (SSSR count). The number of hydrogen-bond donors (Lipinski definition) is 1. The fourth-order valence-corrected chi connectivity index (χ4v) is 2.77. The number of halogens is 1. The Hall–Kier alpha value is -2.11. The summed E-state index contributed by atoms with van der Waals surface area (Å²) in [6.45, 7) is 1.70. The molecule has 0 saturated carbocycles. The minimum absolute atomic E-state index is 0.0799. The molecule has 1 aliphatic heterocycles. The number of anilines is 1. The van der Waals surface area contributed by atoms with E-state index < -0.39 is 5.60 Å². The molecular formula is C16H13ClN2O2S. The summed E-state index contributed by atoms with van der Waals surface area (Å²) >= 11 is 11.1. The predicted octanol–water partition coefficient (Wildman–Crippen LogP) is 3.73. The molecule has 0 bridgehead atoms. The van der Waals surface area contributed by atoms with Gasteiger partial charge in [-0.25, -0.2) is 0 Å². The van der Waals surface area contributed by atoms with Gasteiger partial charge in [-0.15, -0.1) is 0 Å². The molecule has 2 aromatic rings.